The molecule has 3 heterocycles. The summed E-state index contributed by atoms with van der Waals surface area (Å²) in [5, 5.41) is 19.8. The van der Waals surface area contributed by atoms with Gasteiger partial charge in [0.1, 0.15) is 6.61 Å². The minimum atomic E-state index is -4.32. The van der Waals surface area contributed by atoms with E-state index in [2.05, 4.69) is 20.4 Å². The van der Waals surface area contributed by atoms with Gasteiger partial charge in [-0.2, -0.15) is 0 Å². The van der Waals surface area contributed by atoms with Gasteiger partial charge in [-0.25, -0.2) is 13.2 Å². The Bertz CT molecular complexity index is 2140. The first-order valence-corrected chi connectivity index (χ1v) is 16.8. The van der Waals surface area contributed by atoms with Crippen LogP contribution in [0.4, 0.5) is 0 Å². The summed E-state index contributed by atoms with van der Waals surface area (Å²) in [6.45, 7) is -0.956. The number of aromatic nitrogens is 2. The zero-order chi connectivity index (χ0) is 37.0. The average Bonchev–Trinajstić information content (AvgIpc) is 3.93. The van der Waals surface area contributed by atoms with Gasteiger partial charge >= 0.3 is 16.9 Å². The number of esters is 1. The molecule has 0 fully saturated rings. The van der Waals surface area contributed by atoms with E-state index in [1.807, 2.05) is 0 Å². The highest BCUT2D eigenvalue weighted by molar-refractivity contribution is 7.91. The quantitative estimate of drug-likeness (QED) is 0.105. The van der Waals surface area contributed by atoms with Crippen LogP contribution in [0.5, 0.6) is 40.4 Å². The van der Waals surface area contributed by atoms with Gasteiger partial charge in [-0.05, 0) is 29.2 Å². The lowest BCUT2D eigenvalue weighted by molar-refractivity contribution is -0.832. The summed E-state index contributed by atoms with van der Waals surface area (Å²) in [4.78, 5) is 39.0. The number of hydrogen-bond donors (Lipinski definition) is 2. The Morgan fingerprint density at radius 1 is 0.846 bits per heavy atom. The normalized spacial score (nSPS) is 12.6. The number of ether oxygens (including phenoxy) is 8. The second-order valence-corrected chi connectivity index (χ2v) is 12.6. The van der Waals surface area contributed by atoms with Gasteiger partial charge in [-0.3, -0.25) is 14.2 Å². The minimum absolute atomic E-state index is 0.0209. The molecule has 4 aromatic rings. The summed E-state index contributed by atoms with van der Waals surface area (Å²) in [5.74, 6) is -1.63. The topological polar surface area (TPSA) is 236 Å². The molecule has 0 spiro atoms. The predicted octanol–water partition coefficient (Wildman–Crippen LogP) is 1.38. The SMILES string of the molecule is COC(=O)c1cc(OC)c2c(c1-c1c(C(=O)NCCC(=O)NCCOc3no[n+]([O-])c3S(=O)(=O)c3ccccc3)cc(OC)c3c1OCO3)OCO2. The molecule has 2 N–H and O–H groups in total. The highest BCUT2D eigenvalue weighted by Gasteiger charge is 2.38. The Kier molecular flexibility index (Phi) is 10.1. The van der Waals surface area contributed by atoms with E-state index < -0.39 is 38.5 Å². The van der Waals surface area contributed by atoms with Gasteiger partial charge in [0.25, 0.3) is 15.7 Å². The van der Waals surface area contributed by atoms with Crippen molar-refractivity contribution in [2.24, 2.45) is 0 Å². The summed E-state index contributed by atoms with van der Waals surface area (Å²) in [6.07, 6.45) is -0.191. The first-order chi connectivity index (χ1) is 25.1. The Hall–Kier alpha value is -6.44. The third-order valence-corrected chi connectivity index (χ3v) is 9.44. The van der Waals surface area contributed by atoms with Crippen LogP contribution in [0.15, 0.2) is 57.0 Å². The first kappa shape index (κ1) is 35.4. The summed E-state index contributed by atoms with van der Waals surface area (Å²) in [7, 11) is -0.370. The summed E-state index contributed by atoms with van der Waals surface area (Å²) in [6, 6.07) is 9.94. The molecule has 19 nitrogen and oxygen atoms in total. The molecule has 6 rings (SSSR count). The van der Waals surface area contributed by atoms with Gasteiger partial charge in [-0.1, -0.05) is 18.2 Å². The zero-order valence-corrected chi connectivity index (χ0v) is 28.5. The van der Waals surface area contributed by atoms with E-state index in [1.54, 1.807) is 6.07 Å². The van der Waals surface area contributed by atoms with Gasteiger partial charge in [0.15, 0.2) is 23.0 Å². The standard InChI is InChI=1S/C32H30N4O15S/c1-43-20-13-18(23(27-25(20)47-15-49-27)24-19(32(39)45-3)14-21(44-2)26-28(24)50-16-48-26)29(38)34-10-9-22(37)33-11-12-46-30-31(36(40)51-35-30)52(41,42)17-7-5-4-6-8-17/h4-8,13-14H,9-12,15-16H2,1-3H3,(H,33,37)(H,34,38). The van der Waals surface area contributed by atoms with Gasteiger partial charge in [0.05, 0.1) is 49.1 Å². The number of carbonyl (C=O) groups is 3. The van der Waals surface area contributed by atoms with Crippen molar-refractivity contribution >= 4 is 27.6 Å². The molecule has 20 heteroatoms. The second kappa shape index (κ2) is 14.8. The number of nitrogens with zero attached hydrogens (tertiary/aromatic N) is 2. The molecule has 1 aromatic heterocycles. The molecule has 52 heavy (non-hydrogen) atoms. The van der Waals surface area contributed by atoms with Crippen LogP contribution in [0.25, 0.3) is 11.1 Å². The fourth-order valence-electron chi connectivity index (χ4n) is 5.38. The van der Waals surface area contributed by atoms with Crippen molar-refractivity contribution in [2.45, 2.75) is 16.3 Å². The predicted molar refractivity (Wildman–Crippen MR) is 171 cm³/mol. The minimum Gasteiger partial charge on any atom is -0.493 e. The van der Waals surface area contributed by atoms with E-state index in [-0.39, 0.29) is 106 Å². The van der Waals surface area contributed by atoms with Crippen LogP contribution in [0.1, 0.15) is 27.1 Å². The highest BCUT2D eigenvalue weighted by Crippen LogP contribution is 2.56. The van der Waals surface area contributed by atoms with E-state index in [0.29, 0.717) is 0 Å². The van der Waals surface area contributed by atoms with Crippen molar-refractivity contribution in [3.05, 3.63) is 58.8 Å². The van der Waals surface area contributed by atoms with E-state index in [0.717, 1.165) is 0 Å². The van der Waals surface area contributed by atoms with Gasteiger partial charge in [0, 0.05) is 24.1 Å². The van der Waals surface area contributed by atoms with Gasteiger partial charge < -0.3 is 53.7 Å². The molecule has 0 aliphatic carbocycles. The van der Waals surface area contributed by atoms with Crippen LogP contribution >= 0.6 is 0 Å². The maximum atomic E-state index is 13.8. The third kappa shape index (κ3) is 6.57. The van der Waals surface area contributed by atoms with Crippen molar-refractivity contribution in [1.29, 1.82) is 0 Å². The Balaban J connectivity index is 1.15. The van der Waals surface area contributed by atoms with E-state index in [9.17, 15) is 28.0 Å². The van der Waals surface area contributed by atoms with E-state index in [1.165, 1.54) is 57.7 Å². The van der Waals surface area contributed by atoms with Crippen molar-refractivity contribution in [2.75, 3.05) is 54.6 Å². The highest BCUT2D eigenvalue weighted by atomic mass is 32.2. The lowest BCUT2D eigenvalue weighted by Crippen LogP contribution is -2.33. The van der Waals surface area contributed by atoms with Crippen LogP contribution in [-0.2, 0) is 19.4 Å². The average molecular weight is 743 g/mol. The number of benzene rings is 3. The zero-order valence-electron chi connectivity index (χ0n) is 27.7. The molecule has 274 valence electrons. The van der Waals surface area contributed by atoms with Gasteiger partial charge in [-0.15, -0.1) is 0 Å². The summed E-state index contributed by atoms with van der Waals surface area (Å²) >= 11 is 0. The number of carbonyl (C=O) groups excluding carboxylic acids is 3. The number of amides is 2. The van der Waals surface area contributed by atoms with E-state index >= 15 is 0 Å². The number of rotatable bonds is 14. The van der Waals surface area contributed by atoms with Crippen LogP contribution in [-0.4, -0.2) is 86.0 Å². The van der Waals surface area contributed by atoms with Crippen molar-refractivity contribution in [3.63, 3.8) is 0 Å². The molecule has 2 amide bonds. The molecule has 2 aliphatic heterocycles. The number of hydrogen-bond acceptors (Lipinski definition) is 16. The molecule has 0 unspecified atom stereocenters. The maximum Gasteiger partial charge on any atom is 0.415 e. The van der Waals surface area contributed by atoms with Crippen molar-refractivity contribution in [3.8, 4) is 51.5 Å². The molecule has 0 saturated heterocycles. The summed E-state index contributed by atoms with van der Waals surface area (Å²) in [5.41, 5.74) is 0.176. The van der Waals surface area contributed by atoms with Crippen molar-refractivity contribution < 1.29 is 70.2 Å². The number of methoxy groups -OCH3 is 3. The fraction of sp³-hybridized carbons (Fsp3) is 0.281. The molecule has 3 aromatic carbocycles. The molecular formula is C32H30N4O15S. The molecule has 0 radical (unpaired) electrons. The Morgan fingerprint density at radius 2 is 1.44 bits per heavy atom. The van der Waals surface area contributed by atoms with Crippen LogP contribution in [0.2, 0.25) is 0 Å². The number of fused-ring (bicyclic) bond motifs is 2. The smallest absolute Gasteiger partial charge is 0.415 e. The molecule has 0 bridgehead atoms. The lowest BCUT2D eigenvalue weighted by Gasteiger charge is -2.19. The molecular weight excluding hydrogens is 712 g/mol. The maximum absolute atomic E-state index is 13.8. The van der Waals surface area contributed by atoms with E-state index in [4.69, 9.17) is 37.9 Å². The fourth-order valence-corrected chi connectivity index (χ4v) is 6.67. The Labute approximate surface area is 294 Å². The van der Waals surface area contributed by atoms with Crippen LogP contribution in [0.3, 0.4) is 0 Å². The first-order valence-electron chi connectivity index (χ1n) is 15.3. The Morgan fingerprint density at radius 3 is 2.06 bits per heavy atom. The molecule has 0 saturated carbocycles. The third-order valence-electron chi connectivity index (χ3n) is 7.71. The second-order valence-electron chi connectivity index (χ2n) is 10.7. The monoisotopic (exact) mass is 742 g/mol. The van der Waals surface area contributed by atoms with Gasteiger partial charge in [0.2, 0.25) is 31.0 Å². The summed E-state index contributed by atoms with van der Waals surface area (Å²) < 4.78 is 74.3. The van der Waals surface area contributed by atoms with Crippen LogP contribution in [0, 0.1) is 5.21 Å². The number of nitrogens with one attached hydrogen (secondary N) is 2. The number of sulfone groups is 1. The lowest BCUT2D eigenvalue weighted by atomic mass is 9.91. The van der Waals surface area contributed by atoms with Crippen LogP contribution < -0.4 is 48.7 Å². The van der Waals surface area contributed by atoms with Crippen molar-refractivity contribution in [1.82, 2.24) is 15.8 Å². The molecule has 2 aliphatic rings. The largest absolute Gasteiger partial charge is 0.493 e. The molecule has 0 atom stereocenters.